The fraction of sp³-hybridized carbons (Fsp3) is 0.696. The third-order valence-electron chi connectivity index (χ3n) is 4.97. The molecule has 1 saturated heterocycles. The predicted molar refractivity (Wildman–Crippen MR) is 135 cm³/mol. The van der Waals surface area contributed by atoms with Gasteiger partial charge in [-0.1, -0.05) is 24.3 Å². The van der Waals surface area contributed by atoms with Crippen LogP contribution in [0.1, 0.15) is 37.3 Å². The number of aliphatic imine (C=N–C) groups is 1. The lowest BCUT2D eigenvalue weighted by Gasteiger charge is -2.21. The molecule has 1 heterocycles. The number of hydrogen-bond donors (Lipinski definition) is 2. The van der Waals surface area contributed by atoms with Crippen LogP contribution in [0.5, 0.6) is 0 Å². The number of halogens is 1. The summed E-state index contributed by atoms with van der Waals surface area (Å²) in [4.78, 5) is 4.30. The molecule has 1 aromatic rings. The fourth-order valence-corrected chi connectivity index (χ4v) is 3.23. The Labute approximate surface area is 204 Å². The molecule has 2 rings (SSSR count). The van der Waals surface area contributed by atoms with Crippen molar-refractivity contribution in [2.45, 2.75) is 39.3 Å². The fourth-order valence-electron chi connectivity index (χ4n) is 3.23. The number of guanidine groups is 1. The normalized spacial score (nSPS) is 14.8. The molecular formula is C23H40IN3O4. The molecule has 0 radical (unpaired) electrons. The third-order valence-corrected chi connectivity index (χ3v) is 4.97. The van der Waals surface area contributed by atoms with Crippen LogP contribution in [0.3, 0.4) is 0 Å². The van der Waals surface area contributed by atoms with E-state index in [0.29, 0.717) is 32.3 Å². The molecule has 31 heavy (non-hydrogen) atoms. The maximum Gasteiger partial charge on any atom is 0.191 e. The van der Waals surface area contributed by atoms with Crippen LogP contribution in [-0.2, 0) is 32.1 Å². The second-order valence-electron chi connectivity index (χ2n) is 7.41. The number of nitrogens with zero attached hydrogens (tertiary/aromatic N) is 1. The lowest BCUT2D eigenvalue weighted by Crippen LogP contribution is -2.37. The van der Waals surface area contributed by atoms with Crippen LogP contribution in [0.25, 0.3) is 0 Å². The highest BCUT2D eigenvalue weighted by molar-refractivity contribution is 14.0. The van der Waals surface area contributed by atoms with Crippen molar-refractivity contribution >= 4 is 29.9 Å². The molecule has 0 atom stereocenters. The molecule has 0 amide bonds. The van der Waals surface area contributed by atoms with E-state index in [1.165, 1.54) is 5.56 Å². The van der Waals surface area contributed by atoms with Crippen LogP contribution in [0.2, 0.25) is 0 Å². The van der Waals surface area contributed by atoms with Gasteiger partial charge < -0.3 is 29.6 Å². The molecular weight excluding hydrogens is 509 g/mol. The Balaban J connectivity index is 0.00000480. The summed E-state index contributed by atoms with van der Waals surface area (Å²) in [6, 6.07) is 8.40. The van der Waals surface area contributed by atoms with E-state index in [9.17, 15) is 0 Å². The summed E-state index contributed by atoms with van der Waals surface area (Å²) in [6.07, 6.45) is 3.20. The zero-order chi connectivity index (χ0) is 21.3. The first-order valence-electron chi connectivity index (χ1n) is 11.1. The Morgan fingerprint density at radius 2 is 1.84 bits per heavy atom. The van der Waals surface area contributed by atoms with E-state index < -0.39 is 0 Å². The lowest BCUT2D eigenvalue weighted by atomic mass is 10.0. The Hall–Kier alpha value is -0.940. The van der Waals surface area contributed by atoms with Gasteiger partial charge >= 0.3 is 0 Å². The van der Waals surface area contributed by atoms with Gasteiger partial charge in [0.15, 0.2) is 5.96 Å². The molecule has 0 bridgehead atoms. The summed E-state index contributed by atoms with van der Waals surface area (Å²) in [5.74, 6) is 1.46. The van der Waals surface area contributed by atoms with Gasteiger partial charge in [-0.3, -0.25) is 4.99 Å². The minimum Gasteiger partial charge on any atom is -0.381 e. The van der Waals surface area contributed by atoms with Crippen LogP contribution in [-0.4, -0.2) is 65.8 Å². The molecule has 0 spiro atoms. The molecule has 0 unspecified atom stereocenters. The summed E-state index contributed by atoms with van der Waals surface area (Å²) in [7, 11) is 1.79. The van der Waals surface area contributed by atoms with Crippen LogP contribution in [0.4, 0.5) is 0 Å². The van der Waals surface area contributed by atoms with E-state index >= 15 is 0 Å². The van der Waals surface area contributed by atoms with Crippen molar-refractivity contribution < 1.29 is 18.9 Å². The van der Waals surface area contributed by atoms with Crippen LogP contribution in [0.15, 0.2) is 29.3 Å². The van der Waals surface area contributed by atoms with Gasteiger partial charge in [-0.2, -0.15) is 0 Å². The van der Waals surface area contributed by atoms with E-state index in [-0.39, 0.29) is 24.0 Å². The first-order valence-corrected chi connectivity index (χ1v) is 11.1. The zero-order valence-electron chi connectivity index (χ0n) is 19.1. The van der Waals surface area contributed by atoms with E-state index in [4.69, 9.17) is 18.9 Å². The molecule has 178 valence electrons. The molecule has 8 heteroatoms. The first-order chi connectivity index (χ1) is 14.8. The second kappa shape index (κ2) is 18.6. The topological polar surface area (TPSA) is 73.3 Å². The van der Waals surface area contributed by atoms with Gasteiger partial charge in [0, 0.05) is 53.2 Å². The quantitative estimate of drug-likeness (QED) is 0.161. The van der Waals surface area contributed by atoms with E-state index in [0.717, 1.165) is 70.4 Å². The predicted octanol–water partition coefficient (Wildman–Crippen LogP) is 3.36. The molecule has 0 aliphatic carbocycles. The second-order valence-corrected chi connectivity index (χ2v) is 7.41. The summed E-state index contributed by atoms with van der Waals surface area (Å²) >= 11 is 0. The van der Waals surface area contributed by atoms with Crippen molar-refractivity contribution in [2.24, 2.45) is 10.9 Å². The molecule has 1 aromatic carbocycles. The van der Waals surface area contributed by atoms with Crippen LogP contribution in [0, 0.1) is 5.92 Å². The number of rotatable bonds is 14. The molecule has 0 saturated carbocycles. The average Bonchev–Trinajstić information content (AvgIpc) is 2.79. The van der Waals surface area contributed by atoms with Gasteiger partial charge in [-0.15, -0.1) is 24.0 Å². The Morgan fingerprint density at radius 3 is 2.61 bits per heavy atom. The van der Waals surface area contributed by atoms with Crippen molar-refractivity contribution in [3.8, 4) is 0 Å². The highest BCUT2D eigenvalue weighted by atomic mass is 127. The van der Waals surface area contributed by atoms with Gasteiger partial charge in [-0.25, -0.2) is 0 Å². The van der Waals surface area contributed by atoms with E-state index in [1.54, 1.807) is 7.05 Å². The van der Waals surface area contributed by atoms with Crippen molar-refractivity contribution in [3.05, 3.63) is 35.4 Å². The SMILES string of the molecule is CCOCCOCc1cccc(CNC(=NC)NCCCOCC2CCOCC2)c1.I. The number of ether oxygens (including phenoxy) is 4. The zero-order valence-corrected chi connectivity index (χ0v) is 21.4. The van der Waals surface area contributed by atoms with Gasteiger partial charge in [0.1, 0.15) is 0 Å². The summed E-state index contributed by atoms with van der Waals surface area (Å²) in [5.41, 5.74) is 2.36. The van der Waals surface area contributed by atoms with Crippen LogP contribution >= 0.6 is 24.0 Å². The minimum absolute atomic E-state index is 0. The third kappa shape index (κ3) is 13.3. The maximum absolute atomic E-state index is 5.81. The first kappa shape index (κ1) is 28.1. The summed E-state index contributed by atoms with van der Waals surface area (Å²) < 4.78 is 22.1. The van der Waals surface area contributed by atoms with Gasteiger partial charge in [-0.05, 0) is 43.2 Å². The minimum atomic E-state index is 0. The van der Waals surface area contributed by atoms with Crippen molar-refractivity contribution in [1.82, 2.24) is 10.6 Å². The number of nitrogens with one attached hydrogen (secondary N) is 2. The van der Waals surface area contributed by atoms with Crippen LogP contribution < -0.4 is 10.6 Å². The summed E-state index contributed by atoms with van der Waals surface area (Å²) in [5, 5.41) is 6.71. The van der Waals surface area contributed by atoms with Gasteiger partial charge in [0.05, 0.1) is 19.8 Å². The molecule has 1 aliphatic heterocycles. The molecule has 1 fully saturated rings. The maximum atomic E-state index is 5.81. The highest BCUT2D eigenvalue weighted by Gasteiger charge is 2.13. The highest BCUT2D eigenvalue weighted by Crippen LogP contribution is 2.14. The Morgan fingerprint density at radius 1 is 1.06 bits per heavy atom. The number of benzene rings is 1. The molecule has 0 aromatic heterocycles. The Kier molecular flexibility index (Phi) is 16.9. The smallest absolute Gasteiger partial charge is 0.191 e. The standard InChI is InChI=1S/C23H39N3O4.HI/c1-3-27-14-15-30-19-22-7-4-6-21(16-22)17-26-23(24-2)25-10-5-11-29-18-20-8-12-28-13-9-20;/h4,6-7,16,20H,3,5,8-15,17-19H2,1-2H3,(H2,24,25,26);1H. The number of hydrogen-bond acceptors (Lipinski definition) is 5. The molecule has 1 aliphatic rings. The largest absolute Gasteiger partial charge is 0.381 e. The van der Waals surface area contributed by atoms with E-state index in [2.05, 4.69) is 39.9 Å². The van der Waals surface area contributed by atoms with Gasteiger partial charge in [0.2, 0.25) is 0 Å². The summed E-state index contributed by atoms with van der Waals surface area (Å²) in [6.45, 7) is 9.49. The lowest BCUT2D eigenvalue weighted by molar-refractivity contribution is 0.0203. The Bertz CT molecular complexity index is 598. The average molecular weight is 549 g/mol. The van der Waals surface area contributed by atoms with Crippen molar-refractivity contribution in [3.63, 3.8) is 0 Å². The monoisotopic (exact) mass is 549 g/mol. The van der Waals surface area contributed by atoms with Crippen molar-refractivity contribution in [1.29, 1.82) is 0 Å². The van der Waals surface area contributed by atoms with E-state index in [1.807, 2.05) is 6.92 Å². The van der Waals surface area contributed by atoms with Crippen molar-refractivity contribution in [2.75, 3.05) is 59.8 Å². The molecule has 2 N–H and O–H groups in total. The molecule has 7 nitrogen and oxygen atoms in total. The van der Waals surface area contributed by atoms with Gasteiger partial charge in [0.25, 0.3) is 0 Å².